The highest BCUT2D eigenvalue weighted by Crippen LogP contribution is 2.32. The zero-order valence-electron chi connectivity index (χ0n) is 19.2. The number of hydrogen-bond donors (Lipinski definition) is 0. The van der Waals surface area contributed by atoms with Crippen molar-refractivity contribution >= 4 is 11.3 Å². The van der Waals surface area contributed by atoms with Gasteiger partial charge in [-0.15, -0.1) is 11.3 Å². The SMILES string of the molecule is CC(C)Oc1ccc(-c2ncc(CC=CC=C3CCCC3N3CCCCC3)s2)cc1C#N. The van der Waals surface area contributed by atoms with Gasteiger partial charge in [-0.05, 0) is 77.2 Å². The third-order valence-corrected chi connectivity index (χ3v) is 7.30. The Labute approximate surface area is 196 Å². The van der Waals surface area contributed by atoms with E-state index in [1.807, 2.05) is 38.2 Å². The maximum atomic E-state index is 9.48. The van der Waals surface area contributed by atoms with Gasteiger partial charge in [0.25, 0.3) is 0 Å². The number of aromatic nitrogens is 1. The van der Waals surface area contributed by atoms with Crippen molar-refractivity contribution in [3.63, 3.8) is 0 Å². The molecule has 1 saturated carbocycles. The fraction of sp³-hybridized carbons (Fsp3) is 0.481. The fourth-order valence-electron chi connectivity index (χ4n) is 4.71. The summed E-state index contributed by atoms with van der Waals surface area (Å²) in [5.74, 6) is 0.633. The lowest BCUT2D eigenvalue weighted by molar-refractivity contribution is 0.186. The molecule has 1 atom stereocenters. The van der Waals surface area contributed by atoms with Gasteiger partial charge in [-0.2, -0.15) is 5.26 Å². The number of benzene rings is 1. The fourth-order valence-corrected chi connectivity index (χ4v) is 5.59. The van der Waals surface area contributed by atoms with Crippen LogP contribution in [0.1, 0.15) is 62.8 Å². The standard InChI is InChI=1S/C27H33N3OS/c1-20(2)31-26-14-13-22(17-23(26)18-28)27-29-19-24(32-27)11-5-4-9-21-10-8-12-25(21)30-15-6-3-7-16-30/h4-5,9,13-14,17,19-20,25H,3,6-8,10-12,15-16H2,1-2H3. The predicted molar refractivity (Wildman–Crippen MR) is 132 cm³/mol. The number of thiazole rings is 1. The van der Waals surface area contributed by atoms with Gasteiger partial charge < -0.3 is 4.74 Å². The molecular formula is C27H33N3OS. The van der Waals surface area contributed by atoms with Crippen molar-refractivity contribution in [3.05, 3.63) is 58.6 Å². The molecule has 2 aliphatic rings. The van der Waals surface area contributed by atoms with Gasteiger partial charge in [0.05, 0.1) is 11.7 Å². The van der Waals surface area contributed by atoms with Crippen LogP contribution in [0.25, 0.3) is 10.6 Å². The number of likely N-dealkylation sites (tertiary alicyclic amines) is 1. The van der Waals surface area contributed by atoms with Crippen LogP contribution in [0.3, 0.4) is 0 Å². The molecule has 32 heavy (non-hydrogen) atoms. The van der Waals surface area contributed by atoms with E-state index >= 15 is 0 Å². The average molecular weight is 448 g/mol. The van der Waals surface area contributed by atoms with Gasteiger partial charge in [0.15, 0.2) is 0 Å². The van der Waals surface area contributed by atoms with Gasteiger partial charge in [-0.3, -0.25) is 4.90 Å². The summed E-state index contributed by atoms with van der Waals surface area (Å²) in [7, 11) is 0. The Bertz CT molecular complexity index is 1010. The van der Waals surface area contributed by atoms with E-state index in [4.69, 9.17) is 4.74 Å². The lowest BCUT2D eigenvalue weighted by Gasteiger charge is -2.33. The molecule has 168 valence electrons. The van der Waals surface area contributed by atoms with Crippen LogP contribution in [0.15, 0.2) is 48.2 Å². The van der Waals surface area contributed by atoms with Crippen molar-refractivity contribution in [3.8, 4) is 22.4 Å². The Morgan fingerprint density at radius 1 is 1.25 bits per heavy atom. The number of rotatable bonds is 7. The van der Waals surface area contributed by atoms with Gasteiger partial charge in [-0.1, -0.05) is 30.2 Å². The molecule has 2 aromatic rings. The van der Waals surface area contributed by atoms with E-state index in [9.17, 15) is 5.26 Å². The molecule has 0 spiro atoms. The van der Waals surface area contributed by atoms with E-state index < -0.39 is 0 Å². The molecule has 1 aromatic heterocycles. The molecule has 4 nitrogen and oxygen atoms in total. The second-order valence-electron chi connectivity index (χ2n) is 9.00. The second-order valence-corrected chi connectivity index (χ2v) is 10.1. The Morgan fingerprint density at radius 3 is 2.88 bits per heavy atom. The Kier molecular flexibility index (Phi) is 7.78. The Hall–Kier alpha value is -2.42. The van der Waals surface area contributed by atoms with Gasteiger partial charge in [-0.25, -0.2) is 4.98 Å². The van der Waals surface area contributed by atoms with Gasteiger partial charge in [0.2, 0.25) is 0 Å². The van der Waals surface area contributed by atoms with Crippen molar-refractivity contribution in [2.24, 2.45) is 0 Å². The van der Waals surface area contributed by atoms with E-state index in [1.165, 1.54) is 56.5 Å². The minimum absolute atomic E-state index is 0.0422. The summed E-state index contributed by atoms with van der Waals surface area (Å²) in [6.45, 7) is 6.47. The molecule has 2 fully saturated rings. The zero-order valence-corrected chi connectivity index (χ0v) is 20.0. The number of allylic oxidation sites excluding steroid dienone is 3. The molecule has 0 bridgehead atoms. The molecule has 1 unspecified atom stereocenters. The van der Waals surface area contributed by atoms with Gasteiger partial charge >= 0.3 is 0 Å². The van der Waals surface area contributed by atoms with Crippen LogP contribution in [-0.2, 0) is 6.42 Å². The highest BCUT2D eigenvalue weighted by atomic mass is 32.1. The summed E-state index contributed by atoms with van der Waals surface area (Å²) < 4.78 is 5.73. The topological polar surface area (TPSA) is 49.1 Å². The molecule has 1 aromatic carbocycles. The van der Waals surface area contributed by atoms with Crippen LogP contribution in [0, 0.1) is 11.3 Å². The predicted octanol–water partition coefficient (Wildman–Crippen LogP) is 6.53. The number of nitriles is 1. The first-order chi connectivity index (χ1) is 15.6. The van der Waals surface area contributed by atoms with Crippen LogP contribution in [0.2, 0.25) is 0 Å². The highest BCUT2D eigenvalue weighted by molar-refractivity contribution is 7.15. The molecular weight excluding hydrogens is 414 g/mol. The van der Waals surface area contributed by atoms with Crippen LogP contribution in [-0.4, -0.2) is 35.1 Å². The maximum Gasteiger partial charge on any atom is 0.137 e. The lowest BCUT2D eigenvalue weighted by atomic mass is 10.0. The lowest BCUT2D eigenvalue weighted by Crippen LogP contribution is -2.38. The van der Waals surface area contributed by atoms with E-state index in [0.717, 1.165) is 17.0 Å². The molecule has 0 amide bonds. The minimum Gasteiger partial charge on any atom is -0.490 e. The molecule has 1 aliphatic heterocycles. The molecule has 1 saturated heterocycles. The second kappa shape index (κ2) is 10.9. The van der Waals surface area contributed by atoms with Crippen LogP contribution in [0.4, 0.5) is 0 Å². The van der Waals surface area contributed by atoms with E-state index in [1.54, 1.807) is 16.9 Å². The molecule has 5 heteroatoms. The molecule has 4 rings (SSSR count). The maximum absolute atomic E-state index is 9.48. The van der Waals surface area contributed by atoms with Crippen molar-refractivity contribution in [2.45, 2.75) is 70.9 Å². The third kappa shape index (κ3) is 5.68. The molecule has 2 heterocycles. The first-order valence-corrected chi connectivity index (χ1v) is 12.7. The molecule has 0 radical (unpaired) electrons. The minimum atomic E-state index is 0.0422. The summed E-state index contributed by atoms with van der Waals surface area (Å²) in [4.78, 5) is 8.53. The number of hydrogen-bond acceptors (Lipinski definition) is 5. The first kappa shape index (κ1) is 22.8. The largest absolute Gasteiger partial charge is 0.490 e. The number of nitrogens with zero attached hydrogens (tertiary/aromatic N) is 3. The van der Waals surface area contributed by atoms with Crippen molar-refractivity contribution in [2.75, 3.05) is 13.1 Å². The van der Waals surface area contributed by atoms with E-state index in [2.05, 4.69) is 34.2 Å². The van der Waals surface area contributed by atoms with Crippen molar-refractivity contribution in [1.82, 2.24) is 9.88 Å². The van der Waals surface area contributed by atoms with Crippen LogP contribution in [0.5, 0.6) is 5.75 Å². The highest BCUT2D eigenvalue weighted by Gasteiger charge is 2.27. The summed E-state index contributed by atoms with van der Waals surface area (Å²) >= 11 is 1.69. The van der Waals surface area contributed by atoms with E-state index in [-0.39, 0.29) is 6.10 Å². The summed E-state index contributed by atoms with van der Waals surface area (Å²) in [6, 6.07) is 8.66. The van der Waals surface area contributed by atoms with E-state index in [0.29, 0.717) is 17.4 Å². The van der Waals surface area contributed by atoms with Crippen molar-refractivity contribution < 1.29 is 4.74 Å². The normalized spacial score (nSPS) is 20.9. The van der Waals surface area contributed by atoms with Crippen LogP contribution >= 0.6 is 11.3 Å². The first-order valence-electron chi connectivity index (χ1n) is 11.9. The Morgan fingerprint density at radius 2 is 2.09 bits per heavy atom. The van der Waals surface area contributed by atoms with Crippen LogP contribution < -0.4 is 4.74 Å². The average Bonchev–Trinajstić information content (AvgIpc) is 3.47. The zero-order chi connectivity index (χ0) is 22.3. The molecule has 0 N–H and O–H groups in total. The quantitative estimate of drug-likeness (QED) is 0.484. The monoisotopic (exact) mass is 447 g/mol. The summed E-state index contributed by atoms with van der Waals surface area (Å²) in [5.41, 5.74) is 3.13. The van der Waals surface area contributed by atoms with Crippen molar-refractivity contribution in [1.29, 1.82) is 5.26 Å². The van der Waals surface area contributed by atoms with Gasteiger partial charge in [0.1, 0.15) is 16.8 Å². The third-order valence-electron chi connectivity index (χ3n) is 6.23. The number of piperidine rings is 1. The summed E-state index contributed by atoms with van der Waals surface area (Å²) in [5, 5.41) is 10.4. The van der Waals surface area contributed by atoms with Gasteiger partial charge in [0, 0.05) is 29.1 Å². The molecule has 1 aliphatic carbocycles. The smallest absolute Gasteiger partial charge is 0.137 e. The Balaban J connectivity index is 1.38. The summed E-state index contributed by atoms with van der Waals surface area (Å²) in [6.07, 6.45) is 17.7. The number of ether oxygens (including phenoxy) is 1.